The van der Waals surface area contributed by atoms with E-state index in [9.17, 15) is 9.59 Å². The minimum absolute atomic E-state index is 0.0738. The van der Waals surface area contributed by atoms with Crippen molar-refractivity contribution in [3.63, 3.8) is 0 Å². The van der Waals surface area contributed by atoms with Crippen molar-refractivity contribution >= 4 is 17.6 Å². The molecule has 2 aromatic rings. The first-order valence-corrected chi connectivity index (χ1v) is 6.28. The Bertz CT molecular complexity index is 630. The monoisotopic (exact) mass is 273 g/mol. The third-order valence-corrected chi connectivity index (χ3v) is 2.85. The molecule has 0 aliphatic rings. The Morgan fingerprint density at radius 2 is 2.10 bits per heavy atom. The summed E-state index contributed by atoms with van der Waals surface area (Å²) in [6, 6.07) is 8.41. The van der Waals surface area contributed by atoms with Crippen molar-refractivity contribution < 1.29 is 19.1 Å². The number of carbonyl (C=O) groups is 2. The number of amides is 1. The third-order valence-electron chi connectivity index (χ3n) is 2.85. The molecule has 0 atom stereocenters. The van der Waals surface area contributed by atoms with Crippen molar-refractivity contribution in [3.05, 3.63) is 53.5 Å². The van der Waals surface area contributed by atoms with E-state index >= 15 is 0 Å². The molecule has 0 aliphatic heterocycles. The van der Waals surface area contributed by atoms with Gasteiger partial charge >= 0.3 is 5.97 Å². The summed E-state index contributed by atoms with van der Waals surface area (Å²) >= 11 is 0. The van der Waals surface area contributed by atoms with E-state index in [0.717, 1.165) is 0 Å². The molecule has 1 aromatic carbocycles. The topological polar surface area (TPSA) is 79.5 Å². The van der Waals surface area contributed by atoms with Crippen LogP contribution in [0.2, 0.25) is 0 Å². The van der Waals surface area contributed by atoms with Crippen LogP contribution in [0.4, 0.5) is 5.69 Å². The highest BCUT2D eigenvalue weighted by Gasteiger charge is 2.13. The lowest BCUT2D eigenvalue weighted by atomic mass is 10.1. The van der Waals surface area contributed by atoms with E-state index in [0.29, 0.717) is 29.0 Å². The molecule has 0 unspecified atom stereocenters. The summed E-state index contributed by atoms with van der Waals surface area (Å²) in [5, 5.41) is 11.5. The molecule has 20 heavy (non-hydrogen) atoms. The third kappa shape index (κ3) is 3.26. The van der Waals surface area contributed by atoms with Crippen LogP contribution in [0, 0.1) is 0 Å². The molecule has 5 heteroatoms. The standard InChI is InChI=1S/C15H15NO4/c1-2-13-12(6-7-20-13)15(19)16-11-5-3-4-10(8-11)9-14(17)18/h3-8H,2,9H2,1H3,(H,16,19)(H,17,18). The van der Waals surface area contributed by atoms with Gasteiger partial charge in [-0.2, -0.15) is 0 Å². The molecule has 0 radical (unpaired) electrons. The lowest BCUT2D eigenvalue weighted by molar-refractivity contribution is -0.136. The van der Waals surface area contributed by atoms with Crippen LogP contribution in [0.3, 0.4) is 0 Å². The van der Waals surface area contributed by atoms with Gasteiger partial charge in [0.05, 0.1) is 18.2 Å². The number of carboxylic acid groups (broad SMARTS) is 1. The molecule has 0 spiro atoms. The smallest absolute Gasteiger partial charge is 0.307 e. The zero-order valence-corrected chi connectivity index (χ0v) is 11.1. The van der Waals surface area contributed by atoms with Crippen molar-refractivity contribution in [1.29, 1.82) is 0 Å². The molecule has 1 amide bonds. The van der Waals surface area contributed by atoms with Crippen molar-refractivity contribution in [1.82, 2.24) is 0 Å². The Kier molecular flexibility index (Phi) is 4.20. The zero-order chi connectivity index (χ0) is 14.5. The highest BCUT2D eigenvalue weighted by molar-refractivity contribution is 6.05. The van der Waals surface area contributed by atoms with Gasteiger partial charge in [0.2, 0.25) is 0 Å². The van der Waals surface area contributed by atoms with Crippen LogP contribution in [0.25, 0.3) is 0 Å². The first-order valence-electron chi connectivity index (χ1n) is 6.28. The van der Waals surface area contributed by atoms with Crippen LogP contribution in [0.5, 0.6) is 0 Å². The lowest BCUT2D eigenvalue weighted by Gasteiger charge is -2.06. The van der Waals surface area contributed by atoms with E-state index in [2.05, 4.69) is 5.32 Å². The van der Waals surface area contributed by atoms with Crippen molar-refractivity contribution in [2.75, 3.05) is 5.32 Å². The molecular formula is C15H15NO4. The largest absolute Gasteiger partial charge is 0.481 e. The van der Waals surface area contributed by atoms with E-state index in [1.54, 1.807) is 30.3 Å². The molecule has 0 saturated heterocycles. The average molecular weight is 273 g/mol. The van der Waals surface area contributed by atoms with Crippen molar-refractivity contribution in [3.8, 4) is 0 Å². The molecule has 2 rings (SSSR count). The number of anilines is 1. The number of rotatable bonds is 5. The summed E-state index contributed by atoms with van der Waals surface area (Å²) in [5.41, 5.74) is 1.70. The first-order chi connectivity index (χ1) is 9.60. The summed E-state index contributed by atoms with van der Waals surface area (Å²) < 4.78 is 5.21. The van der Waals surface area contributed by atoms with Crippen LogP contribution < -0.4 is 5.32 Å². The van der Waals surface area contributed by atoms with E-state index in [1.807, 2.05) is 6.92 Å². The normalized spacial score (nSPS) is 10.2. The molecule has 2 N–H and O–H groups in total. The fraction of sp³-hybridized carbons (Fsp3) is 0.200. The number of carbonyl (C=O) groups excluding carboxylic acids is 1. The molecule has 0 saturated carbocycles. The second-order valence-corrected chi connectivity index (χ2v) is 4.34. The lowest BCUT2D eigenvalue weighted by Crippen LogP contribution is -2.13. The Morgan fingerprint density at radius 1 is 1.30 bits per heavy atom. The predicted octanol–water partition coefficient (Wildman–Crippen LogP) is 2.72. The number of nitrogens with one attached hydrogen (secondary N) is 1. The maximum absolute atomic E-state index is 12.1. The van der Waals surface area contributed by atoms with Gasteiger partial charge in [-0.15, -0.1) is 0 Å². The maximum atomic E-state index is 12.1. The Balaban J connectivity index is 2.13. The molecule has 5 nitrogen and oxygen atoms in total. The number of furan rings is 1. The Hall–Kier alpha value is -2.56. The fourth-order valence-corrected chi connectivity index (χ4v) is 1.95. The van der Waals surface area contributed by atoms with Gasteiger partial charge in [0, 0.05) is 12.1 Å². The number of hydrogen-bond donors (Lipinski definition) is 2. The number of aryl methyl sites for hydroxylation is 1. The molecule has 1 aromatic heterocycles. The summed E-state index contributed by atoms with van der Waals surface area (Å²) in [6.45, 7) is 1.91. The predicted molar refractivity (Wildman–Crippen MR) is 73.8 cm³/mol. The van der Waals surface area contributed by atoms with Gasteiger partial charge in [0.15, 0.2) is 0 Å². The second-order valence-electron chi connectivity index (χ2n) is 4.34. The van der Waals surface area contributed by atoms with E-state index in [1.165, 1.54) is 6.26 Å². The van der Waals surface area contributed by atoms with Gasteiger partial charge in [-0.3, -0.25) is 9.59 Å². The van der Waals surface area contributed by atoms with E-state index in [4.69, 9.17) is 9.52 Å². The summed E-state index contributed by atoms with van der Waals surface area (Å²) in [5.74, 6) is -0.538. The summed E-state index contributed by atoms with van der Waals surface area (Å²) in [4.78, 5) is 22.8. The van der Waals surface area contributed by atoms with Gasteiger partial charge in [0.1, 0.15) is 5.76 Å². The number of hydrogen-bond acceptors (Lipinski definition) is 3. The number of aliphatic carboxylic acids is 1. The van der Waals surface area contributed by atoms with E-state index in [-0.39, 0.29) is 12.3 Å². The Labute approximate surface area is 116 Å². The van der Waals surface area contributed by atoms with Crippen LogP contribution in [-0.4, -0.2) is 17.0 Å². The van der Waals surface area contributed by atoms with Crippen LogP contribution in [-0.2, 0) is 17.6 Å². The number of carboxylic acids is 1. The zero-order valence-electron chi connectivity index (χ0n) is 11.1. The number of benzene rings is 1. The summed E-state index contributed by atoms with van der Waals surface area (Å²) in [6.07, 6.45) is 2.04. The molecule has 1 heterocycles. The first kappa shape index (κ1) is 13.9. The Morgan fingerprint density at radius 3 is 2.80 bits per heavy atom. The summed E-state index contributed by atoms with van der Waals surface area (Å²) in [7, 11) is 0. The average Bonchev–Trinajstić information content (AvgIpc) is 2.86. The highest BCUT2D eigenvalue weighted by atomic mass is 16.4. The molecule has 0 bridgehead atoms. The molecule has 0 fully saturated rings. The molecular weight excluding hydrogens is 258 g/mol. The van der Waals surface area contributed by atoms with Gasteiger partial charge in [-0.05, 0) is 23.8 Å². The quantitative estimate of drug-likeness (QED) is 0.877. The fourth-order valence-electron chi connectivity index (χ4n) is 1.95. The van der Waals surface area contributed by atoms with Gasteiger partial charge in [-0.1, -0.05) is 19.1 Å². The van der Waals surface area contributed by atoms with Crippen molar-refractivity contribution in [2.24, 2.45) is 0 Å². The van der Waals surface area contributed by atoms with E-state index < -0.39 is 5.97 Å². The van der Waals surface area contributed by atoms with Gasteiger partial charge in [0.25, 0.3) is 5.91 Å². The second kappa shape index (κ2) is 6.06. The van der Waals surface area contributed by atoms with Crippen LogP contribution in [0.1, 0.15) is 28.6 Å². The van der Waals surface area contributed by atoms with Gasteiger partial charge < -0.3 is 14.8 Å². The van der Waals surface area contributed by atoms with Gasteiger partial charge in [-0.25, -0.2) is 0 Å². The minimum atomic E-state index is -0.906. The maximum Gasteiger partial charge on any atom is 0.307 e. The molecule has 0 aliphatic carbocycles. The van der Waals surface area contributed by atoms with Crippen molar-refractivity contribution in [2.45, 2.75) is 19.8 Å². The minimum Gasteiger partial charge on any atom is -0.481 e. The SMILES string of the molecule is CCc1occc1C(=O)Nc1cccc(CC(=O)O)c1. The van der Waals surface area contributed by atoms with Crippen LogP contribution in [0.15, 0.2) is 41.0 Å². The van der Waals surface area contributed by atoms with Crippen LogP contribution >= 0.6 is 0 Å². The highest BCUT2D eigenvalue weighted by Crippen LogP contribution is 2.16. The molecule has 104 valence electrons.